The third-order valence-electron chi connectivity index (χ3n) is 1.80. The summed E-state index contributed by atoms with van der Waals surface area (Å²) in [5.41, 5.74) is 0.646. The third-order valence-corrected chi connectivity index (χ3v) is 2.30. The summed E-state index contributed by atoms with van der Waals surface area (Å²) in [6, 6.07) is 5.36. The summed E-state index contributed by atoms with van der Waals surface area (Å²) < 4.78 is 5.96. The Labute approximate surface area is 90.7 Å². The molecular formula is C9H12BrNO3. The van der Waals surface area contributed by atoms with E-state index in [-0.39, 0.29) is 6.61 Å². The van der Waals surface area contributed by atoms with Gasteiger partial charge in [-0.1, -0.05) is 15.9 Å². The van der Waals surface area contributed by atoms with Crippen molar-refractivity contribution in [2.75, 3.05) is 13.7 Å². The van der Waals surface area contributed by atoms with Gasteiger partial charge in [0.1, 0.15) is 11.9 Å². The lowest BCUT2D eigenvalue weighted by atomic mass is 10.1. The van der Waals surface area contributed by atoms with Crippen molar-refractivity contribution in [2.45, 2.75) is 6.10 Å². The topological polar surface area (TPSA) is 64.7 Å². The van der Waals surface area contributed by atoms with Gasteiger partial charge in [-0.05, 0) is 18.2 Å². The summed E-state index contributed by atoms with van der Waals surface area (Å²) in [5.74, 6) is 5.49. The van der Waals surface area contributed by atoms with E-state index in [1.165, 1.54) is 0 Å². The fourth-order valence-electron chi connectivity index (χ4n) is 1.15. The van der Waals surface area contributed by atoms with E-state index in [2.05, 4.69) is 20.8 Å². The average molecular weight is 262 g/mol. The molecule has 0 aliphatic heterocycles. The lowest BCUT2D eigenvalue weighted by Crippen LogP contribution is -2.11. The van der Waals surface area contributed by atoms with Crippen LogP contribution in [-0.4, -0.2) is 18.8 Å². The van der Waals surface area contributed by atoms with Crippen LogP contribution in [-0.2, 0) is 4.84 Å². The van der Waals surface area contributed by atoms with Crippen LogP contribution >= 0.6 is 15.9 Å². The van der Waals surface area contributed by atoms with E-state index in [1.807, 2.05) is 6.07 Å². The highest BCUT2D eigenvalue weighted by atomic mass is 79.9. The molecule has 0 saturated carbocycles. The van der Waals surface area contributed by atoms with Crippen LogP contribution in [0.2, 0.25) is 0 Å². The first kappa shape index (κ1) is 11.5. The Morgan fingerprint density at radius 2 is 2.29 bits per heavy atom. The molecule has 14 heavy (non-hydrogen) atoms. The van der Waals surface area contributed by atoms with Gasteiger partial charge in [0, 0.05) is 10.0 Å². The van der Waals surface area contributed by atoms with Crippen molar-refractivity contribution in [1.82, 2.24) is 0 Å². The second kappa shape index (κ2) is 5.31. The molecule has 3 N–H and O–H groups in total. The Morgan fingerprint density at radius 1 is 1.57 bits per heavy atom. The molecule has 1 rings (SSSR count). The highest BCUT2D eigenvalue weighted by Gasteiger charge is 2.13. The summed E-state index contributed by atoms with van der Waals surface area (Å²) in [6.07, 6.45) is -0.785. The van der Waals surface area contributed by atoms with E-state index >= 15 is 0 Å². The number of rotatable bonds is 4. The molecule has 0 fully saturated rings. The standard InChI is InChI=1S/C9H12BrNO3/c1-13-9-3-2-6(10)4-7(9)8(12)5-14-11/h2-4,8,12H,5,11H2,1H3. The Hall–Kier alpha value is -0.620. The second-order valence-electron chi connectivity index (χ2n) is 2.74. The van der Waals surface area contributed by atoms with Gasteiger partial charge in [-0.2, -0.15) is 0 Å². The van der Waals surface area contributed by atoms with Gasteiger partial charge in [0.05, 0.1) is 13.7 Å². The molecular weight excluding hydrogens is 250 g/mol. The zero-order valence-electron chi connectivity index (χ0n) is 7.74. The summed E-state index contributed by atoms with van der Waals surface area (Å²) in [4.78, 5) is 4.38. The molecule has 1 aromatic carbocycles. The third kappa shape index (κ3) is 2.68. The van der Waals surface area contributed by atoms with Crippen molar-refractivity contribution in [2.24, 2.45) is 5.90 Å². The second-order valence-corrected chi connectivity index (χ2v) is 3.65. The van der Waals surface area contributed by atoms with Crippen LogP contribution in [0.3, 0.4) is 0 Å². The van der Waals surface area contributed by atoms with Crippen molar-refractivity contribution < 1.29 is 14.7 Å². The first-order valence-electron chi connectivity index (χ1n) is 4.02. The zero-order valence-corrected chi connectivity index (χ0v) is 9.32. The van der Waals surface area contributed by atoms with Crippen LogP contribution in [0.25, 0.3) is 0 Å². The molecule has 0 heterocycles. The fraction of sp³-hybridized carbons (Fsp3) is 0.333. The Bertz CT molecular complexity index is 306. The van der Waals surface area contributed by atoms with Crippen LogP contribution in [0, 0.1) is 0 Å². The molecule has 1 unspecified atom stereocenters. The van der Waals surface area contributed by atoms with Crippen LogP contribution in [0.15, 0.2) is 22.7 Å². The smallest absolute Gasteiger partial charge is 0.124 e. The van der Waals surface area contributed by atoms with E-state index in [0.717, 1.165) is 4.47 Å². The Balaban J connectivity index is 2.97. The van der Waals surface area contributed by atoms with Crippen molar-refractivity contribution in [3.05, 3.63) is 28.2 Å². The predicted molar refractivity (Wildman–Crippen MR) is 55.8 cm³/mol. The molecule has 0 radical (unpaired) electrons. The maximum atomic E-state index is 9.65. The minimum atomic E-state index is -0.785. The SMILES string of the molecule is COc1ccc(Br)cc1C(O)CON. The molecule has 0 saturated heterocycles. The molecule has 0 spiro atoms. The average Bonchev–Trinajstić information content (AvgIpc) is 2.18. The van der Waals surface area contributed by atoms with Gasteiger partial charge in [0.25, 0.3) is 0 Å². The van der Waals surface area contributed by atoms with E-state index < -0.39 is 6.10 Å². The first-order valence-corrected chi connectivity index (χ1v) is 4.81. The molecule has 0 aromatic heterocycles. The number of benzene rings is 1. The maximum absolute atomic E-state index is 9.65. The predicted octanol–water partition coefficient (Wildman–Crippen LogP) is 1.38. The van der Waals surface area contributed by atoms with Gasteiger partial charge >= 0.3 is 0 Å². The minimum Gasteiger partial charge on any atom is -0.496 e. The normalized spacial score (nSPS) is 12.6. The number of nitrogens with two attached hydrogens (primary N) is 1. The van der Waals surface area contributed by atoms with Crippen molar-refractivity contribution >= 4 is 15.9 Å². The van der Waals surface area contributed by atoms with Gasteiger partial charge in [-0.25, -0.2) is 5.90 Å². The maximum Gasteiger partial charge on any atom is 0.124 e. The molecule has 0 bridgehead atoms. The van der Waals surface area contributed by atoms with Crippen molar-refractivity contribution in [3.8, 4) is 5.75 Å². The molecule has 1 aromatic rings. The molecule has 0 aliphatic rings. The number of ether oxygens (including phenoxy) is 1. The molecule has 5 heteroatoms. The van der Waals surface area contributed by atoms with E-state index in [1.54, 1.807) is 19.2 Å². The molecule has 4 nitrogen and oxygen atoms in total. The Kier molecular flexibility index (Phi) is 4.34. The van der Waals surface area contributed by atoms with Crippen LogP contribution < -0.4 is 10.6 Å². The van der Waals surface area contributed by atoms with E-state index in [9.17, 15) is 5.11 Å². The largest absolute Gasteiger partial charge is 0.496 e. The quantitative estimate of drug-likeness (QED) is 0.804. The lowest BCUT2D eigenvalue weighted by molar-refractivity contribution is 0.0347. The van der Waals surface area contributed by atoms with Crippen molar-refractivity contribution in [1.29, 1.82) is 0 Å². The molecule has 78 valence electrons. The van der Waals surface area contributed by atoms with Gasteiger partial charge < -0.3 is 14.7 Å². The van der Waals surface area contributed by atoms with Crippen LogP contribution in [0.1, 0.15) is 11.7 Å². The van der Waals surface area contributed by atoms with Gasteiger partial charge in [0.2, 0.25) is 0 Å². The van der Waals surface area contributed by atoms with E-state index in [0.29, 0.717) is 11.3 Å². The number of hydrogen-bond donors (Lipinski definition) is 2. The summed E-state index contributed by atoms with van der Waals surface area (Å²) in [7, 11) is 1.54. The van der Waals surface area contributed by atoms with Gasteiger partial charge in [-0.3, -0.25) is 0 Å². The molecule has 0 amide bonds. The number of hydrogen-bond acceptors (Lipinski definition) is 4. The number of aliphatic hydroxyl groups excluding tert-OH is 1. The van der Waals surface area contributed by atoms with E-state index in [4.69, 9.17) is 10.6 Å². The molecule has 0 aliphatic carbocycles. The lowest BCUT2D eigenvalue weighted by Gasteiger charge is -2.13. The van der Waals surface area contributed by atoms with Crippen LogP contribution in [0.4, 0.5) is 0 Å². The van der Waals surface area contributed by atoms with Crippen LogP contribution in [0.5, 0.6) is 5.75 Å². The first-order chi connectivity index (χ1) is 6.69. The highest BCUT2D eigenvalue weighted by molar-refractivity contribution is 9.10. The summed E-state index contributed by atoms with van der Waals surface area (Å²) >= 11 is 3.31. The van der Waals surface area contributed by atoms with Gasteiger partial charge in [0.15, 0.2) is 0 Å². The Morgan fingerprint density at radius 3 is 2.86 bits per heavy atom. The number of halogens is 1. The summed E-state index contributed by atoms with van der Waals surface area (Å²) in [6.45, 7) is 0.0345. The monoisotopic (exact) mass is 261 g/mol. The summed E-state index contributed by atoms with van der Waals surface area (Å²) in [5, 5.41) is 9.65. The zero-order chi connectivity index (χ0) is 10.6. The fourth-order valence-corrected chi connectivity index (χ4v) is 1.53. The number of methoxy groups -OCH3 is 1. The number of aliphatic hydroxyl groups is 1. The molecule has 1 atom stereocenters. The highest BCUT2D eigenvalue weighted by Crippen LogP contribution is 2.28. The van der Waals surface area contributed by atoms with Gasteiger partial charge in [-0.15, -0.1) is 0 Å². The minimum absolute atomic E-state index is 0.0345. The van der Waals surface area contributed by atoms with Crippen molar-refractivity contribution in [3.63, 3.8) is 0 Å².